The highest BCUT2D eigenvalue weighted by Crippen LogP contribution is 2.40. The summed E-state index contributed by atoms with van der Waals surface area (Å²) in [7, 11) is 0. The first-order valence-corrected chi connectivity index (χ1v) is 11.0. The van der Waals surface area contributed by atoms with E-state index in [9.17, 15) is 0 Å². The monoisotopic (exact) mass is 425 g/mol. The van der Waals surface area contributed by atoms with Crippen LogP contribution in [0.15, 0.2) is 102 Å². The highest BCUT2D eigenvalue weighted by atomic mass is 16.3. The van der Waals surface area contributed by atoms with Crippen LogP contribution in [0.5, 0.6) is 0 Å². The van der Waals surface area contributed by atoms with Gasteiger partial charge in [0.2, 0.25) is 0 Å². The van der Waals surface area contributed by atoms with E-state index in [4.69, 9.17) is 9.40 Å². The zero-order valence-electron chi connectivity index (χ0n) is 18.0. The lowest BCUT2D eigenvalue weighted by Gasteiger charge is -2.10. The van der Waals surface area contributed by atoms with E-state index in [1.807, 2.05) is 37.4 Å². The number of imidazole rings is 1. The molecular formula is C29H19N3O. The van der Waals surface area contributed by atoms with E-state index in [-0.39, 0.29) is 0 Å². The number of para-hydroxylation sites is 2. The van der Waals surface area contributed by atoms with Crippen LogP contribution in [0.1, 0.15) is 5.69 Å². The molecule has 0 saturated heterocycles. The molecule has 4 aromatic carbocycles. The quantitative estimate of drug-likeness (QED) is 0.289. The van der Waals surface area contributed by atoms with Gasteiger partial charge < -0.3 is 4.42 Å². The lowest BCUT2D eigenvalue weighted by Crippen LogP contribution is -1.99. The van der Waals surface area contributed by atoms with E-state index in [2.05, 4.69) is 76.3 Å². The van der Waals surface area contributed by atoms with Gasteiger partial charge in [0.25, 0.3) is 0 Å². The largest absolute Gasteiger partial charge is 0.455 e. The van der Waals surface area contributed by atoms with E-state index in [0.717, 1.165) is 61.1 Å². The van der Waals surface area contributed by atoms with Gasteiger partial charge in [0, 0.05) is 28.0 Å². The topological polar surface area (TPSA) is 43.9 Å². The first kappa shape index (κ1) is 18.2. The Kier molecular flexibility index (Phi) is 3.73. The number of furan rings is 1. The second-order valence-corrected chi connectivity index (χ2v) is 8.32. The summed E-state index contributed by atoms with van der Waals surface area (Å²) in [6.07, 6.45) is 1.82. The van der Waals surface area contributed by atoms with Gasteiger partial charge in [0.15, 0.2) is 0 Å². The van der Waals surface area contributed by atoms with Gasteiger partial charge in [-0.2, -0.15) is 0 Å². The summed E-state index contributed by atoms with van der Waals surface area (Å²) in [5, 5.41) is 4.50. The fourth-order valence-electron chi connectivity index (χ4n) is 4.89. The molecule has 4 heteroatoms. The zero-order chi connectivity index (χ0) is 21.9. The maximum atomic E-state index is 6.60. The van der Waals surface area contributed by atoms with Crippen LogP contribution in [0.25, 0.3) is 60.8 Å². The highest BCUT2D eigenvalue weighted by Gasteiger charge is 2.21. The van der Waals surface area contributed by atoms with Crippen molar-refractivity contribution in [2.24, 2.45) is 0 Å². The Morgan fingerprint density at radius 1 is 0.697 bits per heavy atom. The van der Waals surface area contributed by atoms with Gasteiger partial charge in [0.05, 0.1) is 22.3 Å². The molecule has 3 aromatic heterocycles. The first-order chi connectivity index (χ1) is 16.3. The van der Waals surface area contributed by atoms with Crippen molar-refractivity contribution >= 4 is 43.7 Å². The average Bonchev–Trinajstić information content (AvgIpc) is 3.44. The van der Waals surface area contributed by atoms with Crippen LogP contribution < -0.4 is 0 Å². The summed E-state index contributed by atoms with van der Waals surface area (Å²) in [4.78, 5) is 9.61. The van der Waals surface area contributed by atoms with Crippen LogP contribution >= 0.6 is 0 Å². The summed E-state index contributed by atoms with van der Waals surface area (Å²) in [6, 6.07) is 31.3. The second-order valence-electron chi connectivity index (χ2n) is 8.32. The molecule has 0 N–H and O–H groups in total. The van der Waals surface area contributed by atoms with Crippen LogP contribution in [0, 0.1) is 6.92 Å². The standard InChI is InChI=1S/C29H19N3O/c1-18-26-25(16-17-30-18)31-29(32(26)20-9-3-2-4-10-20)24-13-7-12-22-23-15-14-19-8-5-6-11-21(19)27(23)33-28(22)24/h2-17H,1H3. The minimum atomic E-state index is 0.848. The van der Waals surface area contributed by atoms with Gasteiger partial charge >= 0.3 is 0 Å². The lowest BCUT2D eigenvalue weighted by molar-refractivity contribution is 0.673. The van der Waals surface area contributed by atoms with Crippen molar-refractivity contribution < 1.29 is 4.42 Å². The zero-order valence-corrected chi connectivity index (χ0v) is 18.0. The van der Waals surface area contributed by atoms with Crippen molar-refractivity contribution in [2.45, 2.75) is 6.92 Å². The molecule has 0 radical (unpaired) electrons. The Labute approximate surface area is 189 Å². The summed E-state index contributed by atoms with van der Waals surface area (Å²) in [5.41, 5.74) is 6.64. The number of hydrogen-bond acceptors (Lipinski definition) is 3. The Balaban J connectivity index is 1.62. The Hall–Kier alpha value is -4.44. The third-order valence-electron chi connectivity index (χ3n) is 6.39. The third kappa shape index (κ3) is 2.58. The second kappa shape index (κ2) is 6.78. The van der Waals surface area contributed by atoms with E-state index in [1.54, 1.807) is 0 Å². The number of hydrogen-bond donors (Lipinski definition) is 0. The summed E-state index contributed by atoms with van der Waals surface area (Å²) >= 11 is 0. The molecule has 0 amide bonds. The molecule has 0 aliphatic carbocycles. The fraction of sp³-hybridized carbons (Fsp3) is 0.0345. The van der Waals surface area contributed by atoms with Gasteiger partial charge in [-0.1, -0.05) is 60.7 Å². The van der Waals surface area contributed by atoms with Gasteiger partial charge in [-0.3, -0.25) is 9.55 Å². The van der Waals surface area contributed by atoms with Gasteiger partial charge in [-0.25, -0.2) is 4.98 Å². The molecule has 4 nitrogen and oxygen atoms in total. The van der Waals surface area contributed by atoms with E-state index >= 15 is 0 Å². The molecule has 3 heterocycles. The third-order valence-corrected chi connectivity index (χ3v) is 6.39. The molecule has 0 bridgehead atoms. The van der Waals surface area contributed by atoms with E-state index < -0.39 is 0 Å². The van der Waals surface area contributed by atoms with Crippen molar-refractivity contribution in [2.75, 3.05) is 0 Å². The van der Waals surface area contributed by atoms with Crippen molar-refractivity contribution in [1.82, 2.24) is 14.5 Å². The molecule has 0 aliphatic heterocycles. The Bertz CT molecular complexity index is 1830. The molecule has 0 fully saturated rings. The number of nitrogens with zero attached hydrogens (tertiary/aromatic N) is 3. The van der Waals surface area contributed by atoms with Crippen LogP contribution in [-0.2, 0) is 0 Å². The van der Waals surface area contributed by atoms with Gasteiger partial charge in [-0.15, -0.1) is 0 Å². The minimum absolute atomic E-state index is 0.848. The maximum absolute atomic E-state index is 6.60. The molecule has 0 spiro atoms. The van der Waals surface area contributed by atoms with Crippen molar-refractivity contribution in [3.8, 4) is 17.1 Å². The van der Waals surface area contributed by atoms with Crippen LogP contribution in [-0.4, -0.2) is 14.5 Å². The smallest absolute Gasteiger partial charge is 0.149 e. The Morgan fingerprint density at radius 3 is 2.39 bits per heavy atom. The van der Waals surface area contributed by atoms with Crippen molar-refractivity contribution in [1.29, 1.82) is 0 Å². The molecule has 0 atom stereocenters. The van der Waals surface area contributed by atoms with Crippen LogP contribution in [0.2, 0.25) is 0 Å². The number of pyridine rings is 1. The maximum Gasteiger partial charge on any atom is 0.149 e. The molecule has 0 aliphatic rings. The van der Waals surface area contributed by atoms with Gasteiger partial charge in [-0.05, 0) is 42.6 Å². The highest BCUT2D eigenvalue weighted by molar-refractivity contribution is 6.17. The average molecular weight is 425 g/mol. The summed E-state index contributed by atoms with van der Waals surface area (Å²) in [6.45, 7) is 2.03. The normalized spacial score (nSPS) is 11.8. The predicted molar refractivity (Wildman–Crippen MR) is 134 cm³/mol. The fourth-order valence-corrected chi connectivity index (χ4v) is 4.89. The van der Waals surface area contributed by atoms with Crippen LogP contribution in [0.4, 0.5) is 0 Å². The molecule has 156 valence electrons. The van der Waals surface area contributed by atoms with Crippen LogP contribution in [0.3, 0.4) is 0 Å². The molecule has 7 rings (SSSR count). The number of benzene rings is 4. The molecular weight excluding hydrogens is 406 g/mol. The summed E-state index contributed by atoms with van der Waals surface area (Å²) < 4.78 is 8.79. The van der Waals surface area contributed by atoms with E-state index in [1.165, 1.54) is 5.39 Å². The number of rotatable bonds is 2. The number of fused-ring (bicyclic) bond motifs is 6. The molecule has 0 saturated carbocycles. The molecule has 7 aromatic rings. The van der Waals surface area contributed by atoms with Crippen molar-refractivity contribution in [3.05, 3.63) is 103 Å². The number of aryl methyl sites for hydroxylation is 1. The SMILES string of the molecule is Cc1nccc2nc(-c3cccc4c3oc3c5ccccc5ccc43)n(-c3ccccc3)c12. The number of aromatic nitrogens is 3. The summed E-state index contributed by atoms with van der Waals surface area (Å²) in [5.74, 6) is 0.848. The Morgan fingerprint density at radius 2 is 1.48 bits per heavy atom. The first-order valence-electron chi connectivity index (χ1n) is 11.0. The van der Waals surface area contributed by atoms with Gasteiger partial charge in [0.1, 0.15) is 17.0 Å². The van der Waals surface area contributed by atoms with E-state index in [0.29, 0.717) is 0 Å². The van der Waals surface area contributed by atoms with Crippen molar-refractivity contribution in [3.63, 3.8) is 0 Å². The molecule has 0 unspecified atom stereocenters. The molecule has 33 heavy (non-hydrogen) atoms. The lowest BCUT2D eigenvalue weighted by atomic mass is 10.0. The predicted octanol–water partition coefficient (Wildman–Crippen LogP) is 7.45. The minimum Gasteiger partial charge on any atom is -0.455 e.